The van der Waals surface area contributed by atoms with E-state index < -0.39 is 11.9 Å². The van der Waals surface area contributed by atoms with Crippen molar-refractivity contribution in [2.24, 2.45) is 0 Å². The van der Waals surface area contributed by atoms with Crippen LogP contribution in [0, 0.1) is 5.82 Å². The van der Waals surface area contributed by atoms with Gasteiger partial charge in [-0.3, -0.25) is 9.59 Å². The number of rotatable bonds is 8. The number of benzene rings is 1. The van der Waals surface area contributed by atoms with E-state index in [1.54, 1.807) is 30.0 Å². The molecule has 2 rings (SSSR count). The molecule has 0 aliphatic rings. The van der Waals surface area contributed by atoms with Crippen LogP contribution in [0.4, 0.5) is 4.39 Å². The van der Waals surface area contributed by atoms with Gasteiger partial charge in [-0.2, -0.15) is 11.8 Å². The molecular weight excluding hydrogens is 331 g/mol. The van der Waals surface area contributed by atoms with E-state index in [1.165, 1.54) is 24.5 Å². The molecule has 0 aliphatic carbocycles. The first kappa shape index (κ1) is 18.1. The first-order valence-corrected chi connectivity index (χ1v) is 8.85. The van der Waals surface area contributed by atoms with Crippen LogP contribution in [0.15, 0.2) is 47.1 Å². The molecule has 1 heterocycles. The van der Waals surface area contributed by atoms with E-state index in [-0.39, 0.29) is 24.0 Å². The van der Waals surface area contributed by atoms with Crippen LogP contribution in [0.2, 0.25) is 0 Å². The summed E-state index contributed by atoms with van der Waals surface area (Å²) in [7, 11) is 0. The third kappa shape index (κ3) is 5.42. The first-order valence-electron chi connectivity index (χ1n) is 7.45. The van der Waals surface area contributed by atoms with Gasteiger partial charge in [0, 0.05) is 6.54 Å². The predicted octanol–water partition coefficient (Wildman–Crippen LogP) is 2.59. The molecule has 0 fully saturated rings. The second-order valence-corrected chi connectivity index (χ2v) is 6.11. The third-order valence-corrected chi connectivity index (χ3v) is 4.00. The number of amides is 2. The first-order chi connectivity index (χ1) is 11.6. The molecule has 1 atom stereocenters. The second-order valence-electron chi connectivity index (χ2n) is 5.13. The van der Waals surface area contributed by atoms with Crippen LogP contribution in [0.3, 0.4) is 0 Å². The molecule has 0 bridgehead atoms. The van der Waals surface area contributed by atoms with Crippen LogP contribution in [0.5, 0.6) is 0 Å². The van der Waals surface area contributed by atoms with Crippen molar-refractivity contribution in [2.45, 2.75) is 19.0 Å². The summed E-state index contributed by atoms with van der Waals surface area (Å²) in [6, 6.07) is 8.38. The molecule has 0 radical (unpaired) electrons. The monoisotopic (exact) mass is 350 g/mol. The molecule has 24 heavy (non-hydrogen) atoms. The van der Waals surface area contributed by atoms with Gasteiger partial charge in [-0.15, -0.1) is 0 Å². The van der Waals surface area contributed by atoms with Crippen molar-refractivity contribution in [3.05, 3.63) is 59.8 Å². The van der Waals surface area contributed by atoms with Crippen LogP contribution < -0.4 is 10.6 Å². The molecule has 1 aromatic carbocycles. The van der Waals surface area contributed by atoms with E-state index >= 15 is 0 Å². The summed E-state index contributed by atoms with van der Waals surface area (Å²) in [6.07, 6.45) is 3.84. The SMILES string of the molecule is CSCC[C@@H](NC(=O)c1ccco1)C(=O)NCc1ccc(F)cc1. The third-order valence-electron chi connectivity index (χ3n) is 3.36. The summed E-state index contributed by atoms with van der Waals surface area (Å²) in [4.78, 5) is 24.4. The van der Waals surface area contributed by atoms with Crippen LogP contribution in [-0.4, -0.2) is 29.9 Å². The number of furan rings is 1. The molecule has 0 spiro atoms. The van der Waals surface area contributed by atoms with Crippen LogP contribution in [0.1, 0.15) is 22.5 Å². The van der Waals surface area contributed by atoms with Crippen molar-refractivity contribution in [2.75, 3.05) is 12.0 Å². The highest BCUT2D eigenvalue weighted by Crippen LogP contribution is 2.06. The lowest BCUT2D eigenvalue weighted by atomic mass is 10.1. The Labute approximate surface area is 144 Å². The molecule has 5 nitrogen and oxygen atoms in total. The van der Waals surface area contributed by atoms with Crippen LogP contribution >= 0.6 is 11.8 Å². The Balaban J connectivity index is 1.93. The number of nitrogens with one attached hydrogen (secondary N) is 2. The Kier molecular flexibility index (Phi) is 6.87. The van der Waals surface area contributed by atoms with E-state index in [4.69, 9.17) is 4.42 Å². The van der Waals surface area contributed by atoms with Gasteiger partial charge in [-0.25, -0.2) is 4.39 Å². The molecule has 128 valence electrons. The van der Waals surface area contributed by atoms with Gasteiger partial charge in [0.15, 0.2) is 5.76 Å². The van der Waals surface area contributed by atoms with E-state index in [1.807, 2.05) is 6.26 Å². The summed E-state index contributed by atoms with van der Waals surface area (Å²) < 4.78 is 17.9. The van der Waals surface area contributed by atoms with Crippen LogP contribution in [0.25, 0.3) is 0 Å². The average molecular weight is 350 g/mol. The fraction of sp³-hybridized carbons (Fsp3) is 0.294. The van der Waals surface area contributed by atoms with E-state index in [2.05, 4.69) is 10.6 Å². The molecule has 0 aliphatic heterocycles. The fourth-order valence-corrected chi connectivity index (χ4v) is 2.53. The Morgan fingerprint density at radius 3 is 2.62 bits per heavy atom. The highest BCUT2D eigenvalue weighted by atomic mass is 32.2. The topological polar surface area (TPSA) is 71.3 Å². The Bertz CT molecular complexity index is 659. The lowest BCUT2D eigenvalue weighted by Gasteiger charge is -2.17. The van der Waals surface area contributed by atoms with Gasteiger partial charge in [-0.1, -0.05) is 12.1 Å². The molecule has 0 saturated heterocycles. The number of carbonyl (C=O) groups is 2. The summed E-state index contributed by atoms with van der Waals surface area (Å²) in [5, 5.41) is 5.44. The van der Waals surface area contributed by atoms with Crippen LogP contribution in [-0.2, 0) is 11.3 Å². The quantitative estimate of drug-likeness (QED) is 0.768. The van der Waals surface area contributed by atoms with Crippen molar-refractivity contribution in [1.82, 2.24) is 10.6 Å². The highest BCUT2D eigenvalue weighted by molar-refractivity contribution is 7.98. The zero-order valence-corrected chi connectivity index (χ0v) is 14.1. The number of hydrogen-bond acceptors (Lipinski definition) is 4. The minimum absolute atomic E-state index is 0.162. The van der Waals surface area contributed by atoms with E-state index in [0.717, 1.165) is 11.3 Å². The summed E-state index contributed by atoms with van der Waals surface area (Å²) in [5.74, 6) is -0.145. The molecule has 2 aromatic rings. The maximum Gasteiger partial charge on any atom is 0.287 e. The summed E-state index contributed by atoms with van der Waals surface area (Å²) >= 11 is 1.59. The second kappa shape index (κ2) is 9.12. The lowest BCUT2D eigenvalue weighted by molar-refractivity contribution is -0.123. The van der Waals surface area contributed by atoms with Gasteiger partial charge in [0.25, 0.3) is 5.91 Å². The standard InChI is InChI=1S/C17H19FN2O3S/c1-24-10-8-14(20-17(22)15-3-2-9-23-15)16(21)19-11-12-4-6-13(18)7-5-12/h2-7,9,14H,8,10-11H2,1H3,(H,19,21)(H,20,22)/t14-/m1/s1. The number of hydrogen-bond donors (Lipinski definition) is 2. The zero-order valence-electron chi connectivity index (χ0n) is 13.3. The van der Waals surface area contributed by atoms with Gasteiger partial charge >= 0.3 is 0 Å². The number of thioether (sulfide) groups is 1. The van der Waals surface area contributed by atoms with Crippen molar-refractivity contribution >= 4 is 23.6 Å². The Hall–Kier alpha value is -2.28. The van der Waals surface area contributed by atoms with Crippen molar-refractivity contribution in [3.8, 4) is 0 Å². The van der Waals surface area contributed by atoms with Crippen molar-refractivity contribution in [1.29, 1.82) is 0 Å². The molecule has 0 unspecified atom stereocenters. The van der Waals surface area contributed by atoms with Gasteiger partial charge in [0.05, 0.1) is 6.26 Å². The summed E-state index contributed by atoms with van der Waals surface area (Å²) in [6.45, 7) is 0.269. The number of halogens is 1. The van der Waals surface area contributed by atoms with Gasteiger partial charge in [-0.05, 0) is 48.3 Å². The maximum atomic E-state index is 12.9. The molecule has 2 N–H and O–H groups in total. The van der Waals surface area contributed by atoms with Gasteiger partial charge in [0.1, 0.15) is 11.9 Å². The largest absolute Gasteiger partial charge is 0.459 e. The smallest absolute Gasteiger partial charge is 0.287 e. The van der Waals surface area contributed by atoms with E-state index in [0.29, 0.717) is 6.42 Å². The molecule has 1 aromatic heterocycles. The zero-order chi connectivity index (χ0) is 17.4. The molecule has 0 saturated carbocycles. The van der Waals surface area contributed by atoms with Gasteiger partial charge < -0.3 is 15.1 Å². The lowest BCUT2D eigenvalue weighted by Crippen LogP contribution is -2.46. The Morgan fingerprint density at radius 2 is 2.00 bits per heavy atom. The Morgan fingerprint density at radius 1 is 1.25 bits per heavy atom. The van der Waals surface area contributed by atoms with Gasteiger partial charge in [0.2, 0.25) is 5.91 Å². The highest BCUT2D eigenvalue weighted by Gasteiger charge is 2.22. The summed E-state index contributed by atoms with van der Waals surface area (Å²) in [5.41, 5.74) is 0.783. The molecule has 7 heteroatoms. The average Bonchev–Trinajstić information content (AvgIpc) is 3.12. The normalized spacial score (nSPS) is 11.8. The molecular formula is C17H19FN2O3S. The van der Waals surface area contributed by atoms with E-state index in [9.17, 15) is 14.0 Å². The minimum Gasteiger partial charge on any atom is -0.459 e. The predicted molar refractivity (Wildman–Crippen MR) is 91.2 cm³/mol. The number of carbonyl (C=O) groups excluding carboxylic acids is 2. The van der Waals surface area contributed by atoms with Crippen molar-refractivity contribution in [3.63, 3.8) is 0 Å². The maximum absolute atomic E-state index is 12.9. The van der Waals surface area contributed by atoms with Crippen molar-refractivity contribution < 1.29 is 18.4 Å². The molecule has 2 amide bonds. The minimum atomic E-state index is -0.657. The fourth-order valence-electron chi connectivity index (χ4n) is 2.06.